The highest BCUT2D eigenvalue weighted by Gasteiger charge is 2.26. The lowest BCUT2D eigenvalue weighted by Gasteiger charge is -2.22. The van der Waals surface area contributed by atoms with Crippen molar-refractivity contribution < 1.29 is 24.0 Å². The van der Waals surface area contributed by atoms with Gasteiger partial charge in [-0.1, -0.05) is 24.3 Å². The van der Waals surface area contributed by atoms with Crippen LogP contribution in [0, 0.1) is 17.0 Å². The van der Waals surface area contributed by atoms with Crippen molar-refractivity contribution >= 4 is 40.6 Å². The predicted molar refractivity (Wildman–Crippen MR) is 108 cm³/mol. The molecule has 0 aromatic heterocycles. The Hall–Kier alpha value is -4.08. The van der Waals surface area contributed by atoms with Crippen LogP contribution in [0.25, 0.3) is 0 Å². The van der Waals surface area contributed by atoms with Gasteiger partial charge in [-0.15, -0.1) is 0 Å². The summed E-state index contributed by atoms with van der Waals surface area (Å²) in [6, 6.07) is 12.9. The SMILES string of the molecule is Cc1ccc(NC(=O)COC(=O)C2=NN(c3ccccc3)C(=O)CC2)cc1[N+](=O)[O-]. The zero-order chi connectivity index (χ0) is 21.7. The number of rotatable bonds is 6. The van der Waals surface area contributed by atoms with E-state index in [9.17, 15) is 24.5 Å². The molecule has 30 heavy (non-hydrogen) atoms. The quantitative estimate of drug-likeness (QED) is 0.442. The number of hydrogen-bond acceptors (Lipinski definition) is 7. The Kier molecular flexibility index (Phi) is 6.16. The van der Waals surface area contributed by atoms with E-state index in [2.05, 4.69) is 10.4 Å². The fourth-order valence-electron chi connectivity index (χ4n) is 2.77. The van der Waals surface area contributed by atoms with Crippen LogP contribution in [0.1, 0.15) is 18.4 Å². The van der Waals surface area contributed by atoms with E-state index in [4.69, 9.17) is 4.74 Å². The summed E-state index contributed by atoms with van der Waals surface area (Å²) >= 11 is 0. The molecule has 10 nitrogen and oxygen atoms in total. The van der Waals surface area contributed by atoms with Crippen molar-refractivity contribution in [2.24, 2.45) is 5.10 Å². The number of nitrogens with zero attached hydrogens (tertiary/aromatic N) is 3. The molecule has 0 unspecified atom stereocenters. The van der Waals surface area contributed by atoms with Crippen LogP contribution in [0.2, 0.25) is 0 Å². The summed E-state index contributed by atoms with van der Waals surface area (Å²) in [4.78, 5) is 46.8. The van der Waals surface area contributed by atoms with Crippen LogP contribution >= 0.6 is 0 Å². The van der Waals surface area contributed by atoms with E-state index in [0.29, 0.717) is 11.3 Å². The average Bonchev–Trinajstić information content (AvgIpc) is 2.74. The van der Waals surface area contributed by atoms with Crippen LogP contribution in [-0.4, -0.2) is 35.0 Å². The molecule has 1 N–H and O–H groups in total. The largest absolute Gasteiger partial charge is 0.451 e. The van der Waals surface area contributed by atoms with Crippen LogP contribution in [0.3, 0.4) is 0 Å². The van der Waals surface area contributed by atoms with Crippen molar-refractivity contribution in [3.05, 3.63) is 64.2 Å². The van der Waals surface area contributed by atoms with Gasteiger partial charge in [-0.3, -0.25) is 19.7 Å². The third-order valence-electron chi connectivity index (χ3n) is 4.29. The normalized spacial score (nSPS) is 13.4. The van der Waals surface area contributed by atoms with Crippen molar-refractivity contribution in [1.29, 1.82) is 0 Å². The van der Waals surface area contributed by atoms with Gasteiger partial charge < -0.3 is 10.1 Å². The molecule has 1 heterocycles. The van der Waals surface area contributed by atoms with Gasteiger partial charge in [-0.25, -0.2) is 9.80 Å². The van der Waals surface area contributed by atoms with Gasteiger partial charge in [0.05, 0.1) is 10.6 Å². The lowest BCUT2D eigenvalue weighted by Crippen LogP contribution is -2.35. The number of nitrogens with one attached hydrogen (secondary N) is 1. The number of carbonyl (C=O) groups is 3. The third kappa shape index (κ3) is 4.85. The molecule has 154 valence electrons. The number of amides is 2. The summed E-state index contributed by atoms with van der Waals surface area (Å²) in [5.41, 5.74) is 1.08. The van der Waals surface area contributed by atoms with E-state index < -0.39 is 23.4 Å². The zero-order valence-electron chi connectivity index (χ0n) is 16.0. The smallest absolute Gasteiger partial charge is 0.355 e. The molecule has 0 bridgehead atoms. The number of nitro groups is 1. The molecule has 2 aromatic carbocycles. The Labute approximate surface area is 171 Å². The number of aryl methyl sites for hydroxylation is 1. The van der Waals surface area contributed by atoms with Crippen molar-refractivity contribution in [1.82, 2.24) is 0 Å². The molecule has 10 heteroatoms. The van der Waals surface area contributed by atoms with Crippen LogP contribution < -0.4 is 10.3 Å². The molecule has 2 aromatic rings. The second-order valence-corrected chi connectivity index (χ2v) is 6.47. The topological polar surface area (TPSA) is 131 Å². The third-order valence-corrected chi connectivity index (χ3v) is 4.29. The highest BCUT2D eigenvalue weighted by atomic mass is 16.6. The van der Waals surface area contributed by atoms with E-state index in [1.165, 1.54) is 18.2 Å². The van der Waals surface area contributed by atoms with Gasteiger partial charge in [0.15, 0.2) is 6.61 Å². The van der Waals surface area contributed by atoms with Crippen LogP contribution in [0.5, 0.6) is 0 Å². The van der Waals surface area contributed by atoms with E-state index in [1.807, 2.05) is 0 Å². The molecule has 2 amide bonds. The van der Waals surface area contributed by atoms with E-state index >= 15 is 0 Å². The number of ether oxygens (including phenoxy) is 1. The van der Waals surface area contributed by atoms with Gasteiger partial charge in [0.1, 0.15) is 5.71 Å². The van der Waals surface area contributed by atoms with E-state index in [0.717, 1.165) is 5.01 Å². The molecule has 0 fully saturated rings. The Morgan fingerprint density at radius 2 is 1.93 bits per heavy atom. The zero-order valence-corrected chi connectivity index (χ0v) is 16.0. The number of hydrazone groups is 1. The van der Waals surface area contributed by atoms with Crippen molar-refractivity contribution in [2.75, 3.05) is 16.9 Å². The van der Waals surface area contributed by atoms with Crippen molar-refractivity contribution in [3.8, 4) is 0 Å². The highest BCUT2D eigenvalue weighted by molar-refractivity contribution is 6.38. The number of carbonyl (C=O) groups excluding carboxylic acids is 3. The average molecular weight is 410 g/mol. The minimum Gasteiger partial charge on any atom is -0.451 e. The fourth-order valence-corrected chi connectivity index (χ4v) is 2.77. The summed E-state index contributed by atoms with van der Waals surface area (Å²) in [5, 5.41) is 18.6. The minimum atomic E-state index is -0.812. The molecule has 1 aliphatic heterocycles. The van der Waals surface area contributed by atoms with Gasteiger partial charge in [0, 0.05) is 30.2 Å². The minimum absolute atomic E-state index is 0.0252. The molecular weight excluding hydrogens is 392 g/mol. The van der Waals surface area contributed by atoms with Gasteiger partial charge in [0.25, 0.3) is 11.6 Å². The molecule has 0 spiro atoms. The first kappa shape index (κ1) is 20.6. The number of anilines is 2. The molecule has 1 aliphatic rings. The molecule has 0 aliphatic carbocycles. The number of benzene rings is 2. The first-order chi connectivity index (χ1) is 14.3. The maximum absolute atomic E-state index is 12.3. The summed E-state index contributed by atoms with van der Waals surface area (Å²) in [6.45, 7) is 0.985. The van der Waals surface area contributed by atoms with Crippen molar-refractivity contribution in [2.45, 2.75) is 19.8 Å². The summed E-state index contributed by atoms with van der Waals surface area (Å²) in [5.74, 6) is -1.72. The first-order valence-electron chi connectivity index (χ1n) is 9.02. The van der Waals surface area contributed by atoms with Gasteiger partial charge in [-0.2, -0.15) is 5.10 Å². The highest BCUT2D eigenvalue weighted by Crippen LogP contribution is 2.22. The van der Waals surface area contributed by atoms with Gasteiger partial charge in [0.2, 0.25) is 5.91 Å². The molecule has 0 radical (unpaired) electrons. The van der Waals surface area contributed by atoms with Gasteiger partial charge >= 0.3 is 5.97 Å². The second-order valence-electron chi connectivity index (χ2n) is 6.47. The van der Waals surface area contributed by atoms with Crippen molar-refractivity contribution in [3.63, 3.8) is 0 Å². The van der Waals surface area contributed by atoms with E-state index in [1.54, 1.807) is 37.3 Å². The molecule has 0 saturated carbocycles. The standard InChI is InChI=1S/C20H18N4O6/c1-13-7-8-14(11-17(13)24(28)29)21-18(25)12-30-20(27)16-9-10-19(26)23(22-16)15-5-3-2-4-6-15/h2-8,11H,9-10,12H2,1H3,(H,21,25). The lowest BCUT2D eigenvalue weighted by atomic mass is 10.1. The fraction of sp³-hybridized carbons (Fsp3) is 0.200. The van der Waals surface area contributed by atoms with Crippen LogP contribution in [-0.2, 0) is 19.1 Å². The predicted octanol–water partition coefficient (Wildman–Crippen LogP) is 2.57. The number of nitro benzene ring substituents is 1. The first-order valence-corrected chi connectivity index (χ1v) is 9.02. The molecular formula is C20H18N4O6. The monoisotopic (exact) mass is 410 g/mol. The number of hydrogen-bond donors (Lipinski definition) is 1. The van der Waals surface area contributed by atoms with E-state index in [-0.39, 0.29) is 35.8 Å². The second kappa shape index (κ2) is 8.95. The van der Waals surface area contributed by atoms with Gasteiger partial charge in [-0.05, 0) is 25.1 Å². The summed E-state index contributed by atoms with van der Waals surface area (Å²) in [7, 11) is 0. The summed E-state index contributed by atoms with van der Waals surface area (Å²) in [6.07, 6.45) is 0.189. The maximum atomic E-state index is 12.3. The van der Waals surface area contributed by atoms with Crippen LogP contribution in [0.4, 0.5) is 17.1 Å². The number of para-hydroxylation sites is 1. The Morgan fingerprint density at radius 1 is 1.20 bits per heavy atom. The molecule has 0 atom stereocenters. The van der Waals surface area contributed by atoms with Crippen LogP contribution in [0.15, 0.2) is 53.6 Å². The maximum Gasteiger partial charge on any atom is 0.355 e. The Balaban J connectivity index is 1.61. The molecule has 0 saturated heterocycles. The summed E-state index contributed by atoms with van der Waals surface area (Å²) < 4.78 is 4.98. The lowest BCUT2D eigenvalue weighted by molar-refractivity contribution is -0.385. The number of esters is 1. The Bertz CT molecular complexity index is 1030. The molecule has 3 rings (SSSR count). The Morgan fingerprint density at radius 3 is 2.63 bits per heavy atom.